The zero-order valence-electron chi connectivity index (χ0n) is 20.1. The van der Waals surface area contributed by atoms with Crippen molar-refractivity contribution in [2.24, 2.45) is 23.7 Å². The Hall–Kier alpha value is -1.04. The van der Waals surface area contributed by atoms with Crippen molar-refractivity contribution >= 4 is 6.08 Å². The molecule has 0 heterocycles. The fourth-order valence-electron chi connectivity index (χ4n) is 6.09. The molecule has 1 aromatic rings. The lowest BCUT2D eigenvalue weighted by molar-refractivity contribution is 0.187. The Morgan fingerprint density at radius 3 is 1.90 bits per heavy atom. The van der Waals surface area contributed by atoms with Gasteiger partial charge >= 0.3 is 0 Å². The number of hydrogen-bond donors (Lipinski definition) is 0. The first-order valence-corrected chi connectivity index (χ1v) is 13.5. The van der Waals surface area contributed by atoms with Gasteiger partial charge in [-0.25, -0.2) is 0 Å². The zero-order chi connectivity index (χ0) is 21.0. The molecule has 0 aliphatic heterocycles. The first-order valence-electron chi connectivity index (χ1n) is 13.5. The van der Waals surface area contributed by atoms with Crippen molar-refractivity contribution in [3.63, 3.8) is 0 Å². The number of allylic oxidation sites excluding steroid dienone is 1. The smallest absolute Gasteiger partial charge is 0.0260 e. The quantitative estimate of drug-likeness (QED) is 0.320. The van der Waals surface area contributed by atoms with Gasteiger partial charge in [-0.3, -0.25) is 0 Å². The maximum atomic E-state index is 2.44. The molecule has 1 aromatic carbocycles. The van der Waals surface area contributed by atoms with Crippen LogP contribution >= 0.6 is 0 Å². The lowest BCUT2D eigenvalue weighted by atomic mass is 9.72. The van der Waals surface area contributed by atoms with Crippen LogP contribution in [0.1, 0.15) is 121 Å². The Bertz CT molecular complexity index is 579. The Kier molecular flexibility index (Phi) is 10.5. The largest absolute Gasteiger partial charge is 0.0837 e. The molecule has 0 N–H and O–H groups in total. The molecule has 2 saturated carbocycles. The molecule has 0 spiro atoms. The molecule has 168 valence electrons. The molecule has 2 aliphatic rings. The molecule has 0 amide bonds. The maximum absolute atomic E-state index is 2.44. The third kappa shape index (κ3) is 8.24. The van der Waals surface area contributed by atoms with Crippen LogP contribution in [0.25, 0.3) is 6.08 Å². The standard InChI is InChI=1S/C30H48/c1-3-5-6-9-26-16-20-29(21-17-26)24-30-22-18-28(19-23-30)11-7-10-27-14-12-25(8-4-2)13-15-27/h7,10,12-15,26,28-30H,3-6,8-9,11,16-24H2,1-2H3. The van der Waals surface area contributed by atoms with Crippen LogP contribution in [0.5, 0.6) is 0 Å². The Labute approximate surface area is 187 Å². The second kappa shape index (κ2) is 13.4. The van der Waals surface area contributed by atoms with E-state index in [1.807, 2.05) is 0 Å². The lowest BCUT2D eigenvalue weighted by Crippen LogP contribution is -2.20. The lowest BCUT2D eigenvalue weighted by Gasteiger charge is -2.34. The number of aryl methyl sites for hydroxylation is 1. The van der Waals surface area contributed by atoms with Crippen LogP contribution in [-0.4, -0.2) is 0 Å². The molecule has 0 nitrogen and oxygen atoms in total. The fourth-order valence-corrected chi connectivity index (χ4v) is 6.09. The predicted molar refractivity (Wildman–Crippen MR) is 134 cm³/mol. The minimum atomic E-state index is 0.936. The molecule has 2 fully saturated rings. The van der Waals surface area contributed by atoms with Crippen LogP contribution in [-0.2, 0) is 6.42 Å². The normalized spacial score (nSPS) is 27.5. The molecule has 2 aliphatic carbocycles. The van der Waals surface area contributed by atoms with Crippen molar-refractivity contribution in [3.8, 4) is 0 Å². The highest BCUT2D eigenvalue weighted by Crippen LogP contribution is 2.40. The molecule has 0 radical (unpaired) electrons. The first kappa shape index (κ1) is 23.6. The summed E-state index contributed by atoms with van der Waals surface area (Å²) in [5.41, 5.74) is 2.84. The minimum Gasteiger partial charge on any atom is -0.0837 e. The van der Waals surface area contributed by atoms with Crippen molar-refractivity contribution in [2.45, 2.75) is 117 Å². The average molecular weight is 409 g/mol. The summed E-state index contributed by atoms with van der Waals surface area (Å²) in [4.78, 5) is 0. The summed E-state index contributed by atoms with van der Waals surface area (Å²) in [6.45, 7) is 4.58. The SMILES string of the molecule is CCCCCC1CCC(CC2CCC(CC=Cc3ccc(CCC)cc3)CC2)CC1. The first-order chi connectivity index (χ1) is 14.8. The van der Waals surface area contributed by atoms with E-state index < -0.39 is 0 Å². The van der Waals surface area contributed by atoms with Gasteiger partial charge < -0.3 is 0 Å². The Morgan fingerprint density at radius 1 is 0.700 bits per heavy atom. The second-order valence-electron chi connectivity index (χ2n) is 10.6. The molecule has 0 saturated heterocycles. The van der Waals surface area contributed by atoms with Crippen molar-refractivity contribution in [1.29, 1.82) is 0 Å². The summed E-state index contributed by atoms with van der Waals surface area (Å²) < 4.78 is 0. The molecule has 0 aromatic heterocycles. The highest BCUT2D eigenvalue weighted by Gasteiger charge is 2.26. The monoisotopic (exact) mass is 408 g/mol. The predicted octanol–water partition coefficient (Wildman–Crippen LogP) is 9.63. The van der Waals surface area contributed by atoms with E-state index in [4.69, 9.17) is 0 Å². The van der Waals surface area contributed by atoms with E-state index in [2.05, 4.69) is 50.3 Å². The summed E-state index contributed by atoms with van der Waals surface area (Å²) in [7, 11) is 0. The molecule has 30 heavy (non-hydrogen) atoms. The highest BCUT2D eigenvalue weighted by atomic mass is 14.3. The van der Waals surface area contributed by atoms with E-state index in [9.17, 15) is 0 Å². The summed E-state index contributed by atoms with van der Waals surface area (Å²) in [5.74, 6) is 4.10. The number of hydrogen-bond acceptors (Lipinski definition) is 0. The molecule has 0 unspecified atom stereocenters. The van der Waals surface area contributed by atoms with Crippen LogP contribution in [0.4, 0.5) is 0 Å². The van der Waals surface area contributed by atoms with E-state index in [0.29, 0.717) is 0 Å². The van der Waals surface area contributed by atoms with Gasteiger partial charge in [0.05, 0.1) is 0 Å². The molecule has 0 bridgehead atoms. The summed E-state index contributed by atoms with van der Waals surface area (Å²) >= 11 is 0. The van der Waals surface area contributed by atoms with Crippen molar-refractivity contribution in [1.82, 2.24) is 0 Å². The third-order valence-corrected chi connectivity index (χ3v) is 8.11. The van der Waals surface area contributed by atoms with Crippen molar-refractivity contribution in [3.05, 3.63) is 41.5 Å². The van der Waals surface area contributed by atoms with E-state index in [1.165, 1.54) is 107 Å². The highest BCUT2D eigenvalue weighted by molar-refractivity contribution is 5.49. The molecule has 0 heteroatoms. The van der Waals surface area contributed by atoms with Gasteiger partial charge in [0.1, 0.15) is 0 Å². The number of rotatable bonds is 11. The van der Waals surface area contributed by atoms with Crippen LogP contribution < -0.4 is 0 Å². The van der Waals surface area contributed by atoms with Crippen LogP contribution in [0.2, 0.25) is 0 Å². The second-order valence-corrected chi connectivity index (χ2v) is 10.6. The zero-order valence-corrected chi connectivity index (χ0v) is 20.1. The number of benzene rings is 1. The van der Waals surface area contributed by atoms with E-state index in [-0.39, 0.29) is 0 Å². The fraction of sp³-hybridized carbons (Fsp3) is 0.733. The van der Waals surface area contributed by atoms with Crippen LogP contribution in [0, 0.1) is 23.7 Å². The number of unbranched alkanes of at least 4 members (excludes halogenated alkanes) is 2. The molecule has 0 atom stereocenters. The maximum Gasteiger partial charge on any atom is -0.0260 e. The summed E-state index contributed by atoms with van der Waals surface area (Å²) in [6, 6.07) is 9.17. The van der Waals surface area contributed by atoms with Gasteiger partial charge in [-0.1, -0.05) is 121 Å². The summed E-state index contributed by atoms with van der Waals surface area (Å²) in [6.07, 6.45) is 28.0. The van der Waals surface area contributed by atoms with Crippen molar-refractivity contribution < 1.29 is 0 Å². The molecular weight excluding hydrogens is 360 g/mol. The minimum absolute atomic E-state index is 0.936. The third-order valence-electron chi connectivity index (χ3n) is 8.11. The Balaban J connectivity index is 1.29. The van der Waals surface area contributed by atoms with Gasteiger partial charge in [-0.15, -0.1) is 0 Å². The van der Waals surface area contributed by atoms with Crippen LogP contribution in [0.3, 0.4) is 0 Å². The van der Waals surface area contributed by atoms with Crippen LogP contribution in [0.15, 0.2) is 30.3 Å². The summed E-state index contributed by atoms with van der Waals surface area (Å²) in [5, 5.41) is 0. The van der Waals surface area contributed by atoms with E-state index >= 15 is 0 Å². The van der Waals surface area contributed by atoms with Gasteiger partial charge in [0.25, 0.3) is 0 Å². The van der Waals surface area contributed by atoms with Gasteiger partial charge in [0, 0.05) is 0 Å². The van der Waals surface area contributed by atoms with Crippen molar-refractivity contribution in [2.75, 3.05) is 0 Å². The average Bonchev–Trinajstić information content (AvgIpc) is 2.78. The van der Waals surface area contributed by atoms with Gasteiger partial charge in [-0.05, 0) is 66.9 Å². The van der Waals surface area contributed by atoms with E-state index in [1.54, 1.807) is 6.42 Å². The van der Waals surface area contributed by atoms with Gasteiger partial charge in [-0.2, -0.15) is 0 Å². The van der Waals surface area contributed by atoms with Gasteiger partial charge in [0.15, 0.2) is 0 Å². The topological polar surface area (TPSA) is 0 Å². The molecular formula is C30H48. The molecule has 3 rings (SSSR count). The van der Waals surface area contributed by atoms with Gasteiger partial charge in [0.2, 0.25) is 0 Å². The Morgan fingerprint density at radius 2 is 1.30 bits per heavy atom. The van der Waals surface area contributed by atoms with E-state index in [0.717, 1.165) is 23.7 Å².